The average molecular weight is 247 g/mol. The van der Waals surface area contributed by atoms with Crippen molar-refractivity contribution < 1.29 is 5.11 Å². The van der Waals surface area contributed by atoms with E-state index in [1.54, 1.807) is 0 Å². The average Bonchev–Trinajstić information content (AvgIpc) is 2.42. The van der Waals surface area contributed by atoms with Crippen LogP contribution in [0.4, 0.5) is 0 Å². The zero-order valence-corrected chi connectivity index (χ0v) is 11.4. The maximum absolute atomic E-state index is 9.25. The van der Waals surface area contributed by atoms with Gasteiger partial charge in [-0.3, -0.25) is 4.90 Å². The van der Waals surface area contributed by atoms with E-state index in [4.69, 9.17) is 0 Å². The second-order valence-corrected chi connectivity index (χ2v) is 5.47. The summed E-state index contributed by atoms with van der Waals surface area (Å²) in [6, 6.07) is 9.44. The quantitative estimate of drug-likeness (QED) is 0.864. The van der Waals surface area contributed by atoms with E-state index >= 15 is 0 Å². The summed E-state index contributed by atoms with van der Waals surface area (Å²) in [7, 11) is 0. The van der Waals surface area contributed by atoms with Crippen LogP contribution >= 0.6 is 0 Å². The lowest BCUT2D eigenvalue weighted by Gasteiger charge is -2.34. The van der Waals surface area contributed by atoms with Gasteiger partial charge in [0, 0.05) is 19.1 Å². The van der Waals surface area contributed by atoms with Gasteiger partial charge in [-0.05, 0) is 25.3 Å². The summed E-state index contributed by atoms with van der Waals surface area (Å²) in [5.41, 5.74) is 2.67. The fourth-order valence-corrected chi connectivity index (χ4v) is 2.89. The van der Waals surface area contributed by atoms with Crippen LogP contribution in [0.15, 0.2) is 24.3 Å². The van der Waals surface area contributed by atoms with Crippen molar-refractivity contribution in [1.82, 2.24) is 4.90 Å². The highest BCUT2D eigenvalue weighted by Crippen LogP contribution is 2.23. The van der Waals surface area contributed by atoms with Crippen LogP contribution in [0.3, 0.4) is 0 Å². The smallest absolute Gasteiger partial charge is 0.0558 e. The SMILES string of the molecule is Cc1ccc(CN(CCO)C2CCCCC2)cc1. The summed E-state index contributed by atoms with van der Waals surface area (Å²) in [5.74, 6) is 0. The first-order valence-electron chi connectivity index (χ1n) is 7.20. The van der Waals surface area contributed by atoms with Crippen LogP contribution in [0, 0.1) is 6.92 Å². The molecule has 1 fully saturated rings. The third-order valence-corrected chi connectivity index (χ3v) is 3.98. The molecule has 1 saturated carbocycles. The number of hydrogen-bond donors (Lipinski definition) is 1. The Morgan fingerprint density at radius 2 is 1.78 bits per heavy atom. The third-order valence-electron chi connectivity index (χ3n) is 3.98. The lowest BCUT2D eigenvalue weighted by Crippen LogP contribution is -2.38. The minimum Gasteiger partial charge on any atom is -0.395 e. The molecule has 18 heavy (non-hydrogen) atoms. The summed E-state index contributed by atoms with van der Waals surface area (Å²) in [4.78, 5) is 2.46. The molecule has 0 aliphatic heterocycles. The summed E-state index contributed by atoms with van der Waals surface area (Å²) in [6.45, 7) is 4.17. The van der Waals surface area contributed by atoms with E-state index in [1.807, 2.05) is 0 Å². The van der Waals surface area contributed by atoms with E-state index in [9.17, 15) is 5.11 Å². The summed E-state index contributed by atoms with van der Waals surface area (Å²) in [5, 5.41) is 9.25. The molecule has 2 heteroatoms. The fourth-order valence-electron chi connectivity index (χ4n) is 2.89. The van der Waals surface area contributed by atoms with E-state index < -0.39 is 0 Å². The number of nitrogens with zero attached hydrogens (tertiary/aromatic N) is 1. The highest BCUT2D eigenvalue weighted by molar-refractivity contribution is 5.21. The molecule has 0 atom stereocenters. The first kappa shape index (κ1) is 13.6. The molecule has 0 radical (unpaired) electrons. The van der Waals surface area contributed by atoms with Crippen LogP contribution < -0.4 is 0 Å². The highest BCUT2D eigenvalue weighted by Gasteiger charge is 2.20. The van der Waals surface area contributed by atoms with Gasteiger partial charge in [-0.1, -0.05) is 49.1 Å². The molecule has 0 amide bonds. The zero-order chi connectivity index (χ0) is 12.8. The van der Waals surface area contributed by atoms with Crippen LogP contribution in [0.1, 0.15) is 43.2 Å². The number of aryl methyl sites for hydroxylation is 1. The van der Waals surface area contributed by atoms with Gasteiger partial charge in [-0.15, -0.1) is 0 Å². The number of hydrogen-bond acceptors (Lipinski definition) is 2. The van der Waals surface area contributed by atoms with Crippen molar-refractivity contribution in [2.24, 2.45) is 0 Å². The fraction of sp³-hybridized carbons (Fsp3) is 0.625. The van der Waals surface area contributed by atoms with Gasteiger partial charge in [0.25, 0.3) is 0 Å². The van der Waals surface area contributed by atoms with Crippen LogP contribution in [0.2, 0.25) is 0 Å². The molecule has 1 N–H and O–H groups in total. The Balaban J connectivity index is 1.98. The topological polar surface area (TPSA) is 23.5 Å². The van der Waals surface area contributed by atoms with Crippen molar-refractivity contribution in [1.29, 1.82) is 0 Å². The number of rotatable bonds is 5. The summed E-state index contributed by atoms with van der Waals surface area (Å²) >= 11 is 0. The van der Waals surface area contributed by atoms with Crippen molar-refractivity contribution >= 4 is 0 Å². The normalized spacial score (nSPS) is 17.3. The van der Waals surface area contributed by atoms with Crippen molar-refractivity contribution in [2.75, 3.05) is 13.2 Å². The predicted octanol–water partition coefficient (Wildman–Crippen LogP) is 3.12. The van der Waals surface area contributed by atoms with Crippen molar-refractivity contribution in [2.45, 2.75) is 51.6 Å². The lowest BCUT2D eigenvalue weighted by molar-refractivity contribution is 0.117. The van der Waals surface area contributed by atoms with Crippen LogP contribution in [-0.4, -0.2) is 29.2 Å². The minimum atomic E-state index is 0.266. The molecule has 1 aromatic carbocycles. The molecular formula is C16H25NO. The standard InChI is InChI=1S/C16H25NO/c1-14-7-9-15(10-8-14)13-17(11-12-18)16-5-3-2-4-6-16/h7-10,16,18H,2-6,11-13H2,1H3. The monoisotopic (exact) mass is 247 g/mol. The van der Waals surface area contributed by atoms with Gasteiger partial charge in [0.2, 0.25) is 0 Å². The van der Waals surface area contributed by atoms with Crippen molar-refractivity contribution in [3.63, 3.8) is 0 Å². The molecule has 1 aromatic rings. The van der Waals surface area contributed by atoms with Gasteiger partial charge in [-0.2, -0.15) is 0 Å². The van der Waals surface area contributed by atoms with Crippen LogP contribution in [0.25, 0.3) is 0 Å². The Kier molecular flexibility index (Phi) is 5.21. The maximum atomic E-state index is 9.25. The molecular weight excluding hydrogens is 222 g/mol. The Hall–Kier alpha value is -0.860. The lowest BCUT2D eigenvalue weighted by atomic mass is 9.94. The maximum Gasteiger partial charge on any atom is 0.0558 e. The number of benzene rings is 1. The van der Waals surface area contributed by atoms with Crippen LogP contribution in [-0.2, 0) is 6.54 Å². The molecule has 0 unspecified atom stereocenters. The molecule has 2 nitrogen and oxygen atoms in total. The van der Waals surface area contributed by atoms with E-state index in [0.29, 0.717) is 6.04 Å². The van der Waals surface area contributed by atoms with Gasteiger partial charge < -0.3 is 5.11 Å². The Morgan fingerprint density at radius 3 is 2.39 bits per heavy atom. The third kappa shape index (κ3) is 3.82. The predicted molar refractivity (Wildman–Crippen MR) is 75.5 cm³/mol. The van der Waals surface area contributed by atoms with E-state index in [0.717, 1.165) is 13.1 Å². The summed E-state index contributed by atoms with van der Waals surface area (Å²) < 4.78 is 0. The van der Waals surface area contributed by atoms with Crippen LogP contribution in [0.5, 0.6) is 0 Å². The second-order valence-electron chi connectivity index (χ2n) is 5.47. The molecule has 0 aromatic heterocycles. The van der Waals surface area contributed by atoms with Gasteiger partial charge in [0.1, 0.15) is 0 Å². The molecule has 100 valence electrons. The molecule has 2 rings (SSSR count). The number of aliphatic hydroxyl groups excluding tert-OH is 1. The molecule has 0 bridgehead atoms. The minimum absolute atomic E-state index is 0.266. The molecule has 1 aliphatic carbocycles. The first-order valence-corrected chi connectivity index (χ1v) is 7.20. The van der Waals surface area contributed by atoms with Crippen molar-refractivity contribution in [3.05, 3.63) is 35.4 Å². The highest BCUT2D eigenvalue weighted by atomic mass is 16.3. The van der Waals surface area contributed by atoms with E-state index in [1.165, 1.54) is 43.2 Å². The second kappa shape index (κ2) is 6.91. The first-order chi connectivity index (χ1) is 8.79. The van der Waals surface area contributed by atoms with E-state index in [-0.39, 0.29) is 6.61 Å². The van der Waals surface area contributed by atoms with Gasteiger partial charge >= 0.3 is 0 Å². The Labute approximate surface area is 111 Å². The van der Waals surface area contributed by atoms with Gasteiger partial charge in [-0.25, -0.2) is 0 Å². The van der Waals surface area contributed by atoms with Gasteiger partial charge in [0.15, 0.2) is 0 Å². The Bertz CT molecular complexity index is 341. The molecule has 0 saturated heterocycles. The van der Waals surface area contributed by atoms with Crippen molar-refractivity contribution in [3.8, 4) is 0 Å². The molecule has 0 heterocycles. The zero-order valence-electron chi connectivity index (χ0n) is 11.4. The largest absolute Gasteiger partial charge is 0.395 e. The summed E-state index contributed by atoms with van der Waals surface area (Å²) in [6.07, 6.45) is 6.67. The van der Waals surface area contributed by atoms with E-state index in [2.05, 4.69) is 36.1 Å². The molecule has 1 aliphatic rings. The van der Waals surface area contributed by atoms with Gasteiger partial charge in [0.05, 0.1) is 6.61 Å². The Morgan fingerprint density at radius 1 is 1.11 bits per heavy atom. The molecule has 0 spiro atoms. The number of aliphatic hydroxyl groups is 1.